The lowest BCUT2D eigenvalue weighted by atomic mass is 9.95. The van der Waals surface area contributed by atoms with Gasteiger partial charge in [0.05, 0.1) is 45.7 Å². The first-order chi connectivity index (χ1) is 21.7. The standard InChI is InChI=1S/C34H32Cl2N2O6S/c1-5-41-26-11-9-8-10-23(26)31-30(33(40)43-7-3)20(4)37-34-38(31)32(39)29(45-34)18-21-13-15-27(28(17-21)42-6-2)44-19-22-12-14-24(35)25(36)16-22/h8-18,31H,5-7,19H2,1-4H3/b29-18-/t31-/m0/s1. The second-order valence-electron chi connectivity index (χ2n) is 9.95. The van der Waals surface area contributed by atoms with Crippen molar-refractivity contribution in [2.45, 2.75) is 40.3 Å². The number of fused-ring (bicyclic) bond motifs is 1. The van der Waals surface area contributed by atoms with Gasteiger partial charge in [0.15, 0.2) is 16.3 Å². The Morgan fingerprint density at radius 3 is 2.40 bits per heavy atom. The molecule has 5 rings (SSSR count). The van der Waals surface area contributed by atoms with E-state index < -0.39 is 12.0 Å². The Hall–Kier alpha value is -4.05. The minimum Gasteiger partial charge on any atom is -0.494 e. The molecule has 0 bridgehead atoms. The highest BCUT2D eigenvalue weighted by atomic mass is 35.5. The number of para-hydroxylation sites is 1. The molecule has 1 atom stereocenters. The van der Waals surface area contributed by atoms with Crippen LogP contribution < -0.4 is 29.1 Å². The number of hydrogen-bond acceptors (Lipinski definition) is 8. The molecule has 0 radical (unpaired) electrons. The molecule has 0 spiro atoms. The van der Waals surface area contributed by atoms with E-state index in [2.05, 4.69) is 4.99 Å². The van der Waals surface area contributed by atoms with Gasteiger partial charge in [-0.1, -0.05) is 64.9 Å². The van der Waals surface area contributed by atoms with E-state index in [0.29, 0.717) is 66.7 Å². The van der Waals surface area contributed by atoms with Crippen molar-refractivity contribution >= 4 is 46.6 Å². The van der Waals surface area contributed by atoms with E-state index in [1.807, 2.05) is 56.3 Å². The van der Waals surface area contributed by atoms with E-state index in [1.54, 1.807) is 42.7 Å². The number of hydrogen-bond donors (Lipinski definition) is 0. The number of carbonyl (C=O) groups is 1. The van der Waals surface area contributed by atoms with Crippen molar-refractivity contribution in [3.63, 3.8) is 0 Å². The Kier molecular flexibility index (Phi) is 10.3. The monoisotopic (exact) mass is 666 g/mol. The molecular formula is C34H32Cl2N2O6S. The van der Waals surface area contributed by atoms with Gasteiger partial charge in [0, 0.05) is 5.56 Å². The van der Waals surface area contributed by atoms with E-state index in [4.69, 9.17) is 42.1 Å². The Morgan fingerprint density at radius 2 is 1.67 bits per heavy atom. The summed E-state index contributed by atoms with van der Waals surface area (Å²) in [6.07, 6.45) is 1.78. The first-order valence-electron chi connectivity index (χ1n) is 14.5. The zero-order valence-corrected chi connectivity index (χ0v) is 27.6. The van der Waals surface area contributed by atoms with Crippen molar-refractivity contribution in [2.75, 3.05) is 19.8 Å². The molecule has 0 fully saturated rings. The van der Waals surface area contributed by atoms with Gasteiger partial charge in [-0.05, 0) is 75.2 Å². The van der Waals surface area contributed by atoms with Crippen molar-refractivity contribution in [3.05, 3.63) is 118 Å². The fourth-order valence-corrected chi connectivity index (χ4v) is 6.39. The van der Waals surface area contributed by atoms with Crippen molar-refractivity contribution in [3.8, 4) is 17.2 Å². The summed E-state index contributed by atoms with van der Waals surface area (Å²) in [6, 6.07) is 17.4. The Morgan fingerprint density at radius 1 is 0.911 bits per heavy atom. The fraction of sp³-hybridized carbons (Fsp3) is 0.265. The maximum atomic E-state index is 14.1. The average molecular weight is 668 g/mol. The molecule has 8 nitrogen and oxygen atoms in total. The lowest BCUT2D eigenvalue weighted by molar-refractivity contribution is -0.139. The summed E-state index contributed by atoms with van der Waals surface area (Å²) in [6.45, 7) is 8.56. The fourth-order valence-electron chi connectivity index (χ4n) is 5.02. The van der Waals surface area contributed by atoms with Crippen LogP contribution in [-0.2, 0) is 16.1 Å². The zero-order chi connectivity index (χ0) is 32.1. The van der Waals surface area contributed by atoms with Gasteiger partial charge in [-0.2, -0.15) is 0 Å². The summed E-state index contributed by atoms with van der Waals surface area (Å²) >= 11 is 13.4. The summed E-state index contributed by atoms with van der Waals surface area (Å²) < 4.78 is 25.2. The van der Waals surface area contributed by atoms with Crippen LogP contribution in [0.2, 0.25) is 10.0 Å². The number of thiazole rings is 1. The quantitative estimate of drug-likeness (QED) is 0.170. The van der Waals surface area contributed by atoms with Crippen LogP contribution in [0.25, 0.3) is 6.08 Å². The lowest BCUT2D eigenvalue weighted by Gasteiger charge is -2.26. The number of ether oxygens (including phenoxy) is 4. The van der Waals surface area contributed by atoms with Crippen molar-refractivity contribution < 1.29 is 23.7 Å². The molecule has 0 N–H and O–H groups in total. The van der Waals surface area contributed by atoms with E-state index >= 15 is 0 Å². The summed E-state index contributed by atoms with van der Waals surface area (Å²) in [5, 5.41) is 0.926. The van der Waals surface area contributed by atoms with Crippen LogP contribution >= 0.6 is 34.5 Å². The van der Waals surface area contributed by atoms with Gasteiger partial charge in [0.1, 0.15) is 18.4 Å². The first kappa shape index (κ1) is 32.3. The van der Waals surface area contributed by atoms with Crippen molar-refractivity contribution in [1.29, 1.82) is 0 Å². The second kappa shape index (κ2) is 14.4. The summed E-state index contributed by atoms with van der Waals surface area (Å²) in [5.41, 5.74) is 2.76. The number of esters is 1. The molecule has 0 aliphatic carbocycles. The molecule has 3 aromatic carbocycles. The van der Waals surface area contributed by atoms with E-state index in [9.17, 15) is 9.59 Å². The van der Waals surface area contributed by atoms with E-state index in [0.717, 1.165) is 11.1 Å². The first-order valence-corrected chi connectivity index (χ1v) is 16.1. The third kappa shape index (κ3) is 6.96. The molecular weight excluding hydrogens is 635 g/mol. The number of rotatable bonds is 11. The molecule has 0 saturated carbocycles. The van der Waals surface area contributed by atoms with Crippen molar-refractivity contribution in [2.24, 2.45) is 4.99 Å². The number of aromatic nitrogens is 1. The van der Waals surface area contributed by atoms with Gasteiger partial charge < -0.3 is 18.9 Å². The smallest absolute Gasteiger partial charge is 0.338 e. The number of carbonyl (C=O) groups excluding carboxylic acids is 1. The molecule has 0 saturated heterocycles. The van der Waals surface area contributed by atoms with Crippen LogP contribution in [0.15, 0.2) is 81.7 Å². The molecule has 0 amide bonds. The van der Waals surface area contributed by atoms with Crippen LogP contribution in [0.5, 0.6) is 17.2 Å². The van der Waals surface area contributed by atoms with Gasteiger partial charge >= 0.3 is 5.97 Å². The highest BCUT2D eigenvalue weighted by Gasteiger charge is 2.35. The molecule has 0 unspecified atom stereocenters. The highest BCUT2D eigenvalue weighted by molar-refractivity contribution is 7.07. The largest absolute Gasteiger partial charge is 0.494 e. The zero-order valence-electron chi connectivity index (χ0n) is 25.3. The molecule has 45 heavy (non-hydrogen) atoms. The number of halogens is 2. The summed E-state index contributed by atoms with van der Waals surface area (Å²) in [4.78, 5) is 32.5. The third-order valence-corrected chi connectivity index (χ3v) is 8.70. The summed E-state index contributed by atoms with van der Waals surface area (Å²) in [7, 11) is 0. The molecule has 11 heteroatoms. The predicted octanol–water partition coefficient (Wildman–Crippen LogP) is 6.48. The topological polar surface area (TPSA) is 88.4 Å². The van der Waals surface area contributed by atoms with Crippen LogP contribution in [-0.4, -0.2) is 30.4 Å². The predicted molar refractivity (Wildman–Crippen MR) is 176 cm³/mol. The molecule has 234 valence electrons. The Bertz CT molecular complexity index is 1950. The van der Waals surface area contributed by atoms with Gasteiger partial charge in [-0.15, -0.1) is 0 Å². The van der Waals surface area contributed by atoms with Crippen LogP contribution in [0.1, 0.15) is 50.4 Å². The second-order valence-corrected chi connectivity index (χ2v) is 11.8. The molecule has 1 aliphatic heterocycles. The number of nitrogens with zero attached hydrogens (tertiary/aromatic N) is 2. The average Bonchev–Trinajstić information content (AvgIpc) is 3.32. The van der Waals surface area contributed by atoms with Crippen molar-refractivity contribution in [1.82, 2.24) is 4.57 Å². The number of allylic oxidation sites excluding steroid dienone is 1. The van der Waals surface area contributed by atoms with E-state index in [-0.39, 0.29) is 18.8 Å². The summed E-state index contributed by atoms with van der Waals surface area (Å²) in [5.74, 6) is 1.13. The van der Waals surface area contributed by atoms with Crippen LogP contribution in [0, 0.1) is 0 Å². The molecule has 1 aromatic heterocycles. The minimum atomic E-state index is -0.777. The van der Waals surface area contributed by atoms with Gasteiger partial charge in [0.2, 0.25) is 0 Å². The minimum absolute atomic E-state index is 0.190. The molecule has 2 heterocycles. The third-order valence-electron chi connectivity index (χ3n) is 6.97. The molecule has 4 aromatic rings. The van der Waals surface area contributed by atoms with Gasteiger partial charge in [-0.3, -0.25) is 9.36 Å². The van der Waals surface area contributed by atoms with Crippen LogP contribution in [0.4, 0.5) is 0 Å². The molecule has 1 aliphatic rings. The van der Waals surface area contributed by atoms with Gasteiger partial charge in [0.25, 0.3) is 5.56 Å². The Balaban J connectivity index is 1.57. The maximum absolute atomic E-state index is 14.1. The highest BCUT2D eigenvalue weighted by Crippen LogP contribution is 2.36. The maximum Gasteiger partial charge on any atom is 0.338 e. The SMILES string of the molecule is CCOC(=O)C1=C(C)N=c2s/c(=C\c3ccc(OCc4ccc(Cl)c(Cl)c4)c(OCC)c3)c(=O)n2[C@H]1c1ccccc1OCC. The Labute approximate surface area is 274 Å². The lowest BCUT2D eigenvalue weighted by Crippen LogP contribution is -2.40. The van der Waals surface area contributed by atoms with E-state index in [1.165, 1.54) is 11.3 Å². The normalized spacial score (nSPS) is 14.5. The van der Waals surface area contributed by atoms with Gasteiger partial charge in [-0.25, -0.2) is 9.79 Å². The van der Waals surface area contributed by atoms with Crippen LogP contribution in [0.3, 0.4) is 0 Å². The number of benzene rings is 3.